The minimum atomic E-state index is -0.736. The number of halogens is 1. The number of pyridine rings is 1. The van der Waals surface area contributed by atoms with Crippen molar-refractivity contribution in [2.75, 3.05) is 0 Å². The maximum atomic E-state index is 14.2. The monoisotopic (exact) mass is 416 g/mol. The summed E-state index contributed by atoms with van der Waals surface area (Å²) in [6.45, 7) is 1.59. The second-order valence-corrected chi connectivity index (χ2v) is 7.81. The van der Waals surface area contributed by atoms with Gasteiger partial charge in [0.1, 0.15) is 11.9 Å². The van der Waals surface area contributed by atoms with Crippen molar-refractivity contribution < 1.29 is 14.0 Å². The first-order valence-electron chi connectivity index (χ1n) is 9.97. The minimum absolute atomic E-state index is 0.0188. The summed E-state index contributed by atoms with van der Waals surface area (Å²) in [6, 6.07) is 3.96. The summed E-state index contributed by atoms with van der Waals surface area (Å²) in [5.41, 5.74) is 2.70. The van der Waals surface area contributed by atoms with E-state index in [9.17, 15) is 19.2 Å². The number of carbonyl (C=O) groups excluding carboxylic acids is 2. The van der Waals surface area contributed by atoms with Crippen molar-refractivity contribution >= 4 is 11.8 Å². The fourth-order valence-electron chi connectivity index (χ4n) is 3.95. The lowest BCUT2D eigenvalue weighted by atomic mass is 9.81. The summed E-state index contributed by atoms with van der Waals surface area (Å²) in [5, 5.41) is 23.6. The maximum Gasteiger partial charge on any atom is 0.248 e. The average molecular weight is 416 g/mol. The molecule has 0 spiro atoms. The Hall–Kier alpha value is -3.78. The molecule has 1 aliphatic heterocycles. The van der Waals surface area contributed by atoms with Crippen LogP contribution >= 0.6 is 0 Å². The highest BCUT2D eigenvalue weighted by Crippen LogP contribution is 2.46. The second kappa shape index (κ2) is 8.16. The van der Waals surface area contributed by atoms with Gasteiger partial charge in [-0.05, 0) is 49.0 Å². The van der Waals surface area contributed by atoms with Crippen LogP contribution in [0.25, 0.3) is 0 Å². The van der Waals surface area contributed by atoms with E-state index in [2.05, 4.69) is 21.7 Å². The summed E-state index contributed by atoms with van der Waals surface area (Å²) >= 11 is 0. The van der Waals surface area contributed by atoms with Crippen molar-refractivity contribution in [2.45, 2.75) is 38.3 Å². The lowest BCUT2D eigenvalue weighted by molar-refractivity contribution is -0.124. The van der Waals surface area contributed by atoms with E-state index >= 15 is 0 Å². The summed E-state index contributed by atoms with van der Waals surface area (Å²) in [4.78, 5) is 29.4. The summed E-state index contributed by atoms with van der Waals surface area (Å²) in [5.74, 6) is -1.22. The van der Waals surface area contributed by atoms with Crippen LogP contribution in [0.3, 0.4) is 0 Å². The average Bonchev–Trinajstić information content (AvgIpc) is 3.58. The highest BCUT2D eigenvalue weighted by molar-refractivity contribution is 6.02. The number of amides is 2. The van der Waals surface area contributed by atoms with Gasteiger partial charge in [-0.15, -0.1) is 0 Å². The fourth-order valence-corrected chi connectivity index (χ4v) is 3.95. The molecule has 3 aliphatic rings. The van der Waals surface area contributed by atoms with Crippen molar-refractivity contribution in [3.05, 3.63) is 70.2 Å². The van der Waals surface area contributed by atoms with Crippen LogP contribution in [0.1, 0.15) is 43.5 Å². The molecule has 7 nitrogen and oxygen atoms in total. The summed E-state index contributed by atoms with van der Waals surface area (Å²) < 4.78 is 14.2. The molecule has 8 heteroatoms. The predicted molar refractivity (Wildman–Crippen MR) is 108 cm³/mol. The Morgan fingerprint density at radius 3 is 2.81 bits per heavy atom. The molecule has 4 rings (SSSR count). The molecule has 2 amide bonds. The lowest BCUT2D eigenvalue weighted by Crippen LogP contribution is -2.44. The van der Waals surface area contributed by atoms with Crippen molar-refractivity contribution in [3.8, 4) is 12.1 Å². The van der Waals surface area contributed by atoms with E-state index in [1.165, 1.54) is 6.20 Å². The molecule has 0 bridgehead atoms. The Morgan fingerprint density at radius 2 is 2.16 bits per heavy atom. The molecule has 1 saturated carbocycles. The van der Waals surface area contributed by atoms with E-state index in [0.29, 0.717) is 11.1 Å². The molecule has 2 heterocycles. The predicted octanol–water partition coefficient (Wildman–Crippen LogP) is 2.46. The first kappa shape index (κ1) is 20.5. The SMILES string of the molecule is C[C@@H](NC(=O)CC1=C(C2CC2)C2=CC(C#N)=C[CH]C2NC1=O)c1ncc(C#N)cc1F. The third-order valence-electron chi connectivity index (χ3n) is 5.55. The molecule has 1 unspecified atom stereocenters. The van der Waals surface area contributed by atoms with Crippen molar-refractivity contribution in [1.29, 1.82) is 10.5 Å². The minimum Gasteiger partial charge on any atom is -0.348 e. The van der Waals surface area contributed by atoms with E-state index in [4.69, 9.17) is 5.26 Å². The first-order valence-corrected chi connectivity index (χ1v) is 9.97. The second-order valence-electron chi connectivity index (χ2n) is 7.81. The zero-order valence-corrected chi connectivity index (χ0v) is 16.8. The number of carbonyl (C=O) groups is 2. The van der Waals surface area contributed by atoms with Gasteiger partial charge >= 0.3 is 0 Å². The normalized spacial score (nSPS) is 21.0. The Balaban J connectivity index is 1.57. The molecule has 155 valence electrons. The molecule has 2 N–H and O–H groups in total. The van der Waals surface area contributed by atoms with E-state index in [1.807, 2.05) is 6.07 Å². The largest absolute Gasteiger partial charge is 0.348 e. The molecule has 1 aromatic rings. The molecule has 2 atom stereocenters. The van der Waals surface area contributed by atoms with Crippen LogP contribution in [-0.4, -0.2) is 22.8 Å². The van der Waals surface area contributed by atoms with Crippen LogP contribution in [0.2, 0.25) is 0 Å². The van der Waals surface area contributed by atoms with Crippen LogP contribution in [0.15, 0.2) is 46.7 Å². The molecule has 0 saturated heterocycles. The standard InChI is InChI=1S/C23H19FN5O2/c1-12(22-18(24)7-14(10-26)11-27-22)28-20(30)8-17-21(15-3-4-15)16-6-13(9-25)2-5-19(16)29-23(17)31/h2,5-7,11-12,15,19H,3-4,8H2,1H3,(H,28,30)(H,29,31)/t12-,19?/m1/s1. The first-order chi connectivity index (χ1) is 14.9. The van der Waals surface area contributed by atoms with Crippen molar-refractivity contribution in [1.82, 2.24) is 15.6 Å². The van der Waals surface area contributed by atoms with E-state index < -0.39 is 17.8 Å². The molecule has 1 fully saturated rings. The van der Waals surface area contributed by atoms with Crippen LogP contribution < -0.4 is 10.6 Å². The number of nitriles is 2. The zero-order chi connectivity index (χ0) is 22.1. The number of nitrogens with one attached hydrogen (secondary N) is 2. The number of rotatable bonds is 5. The highest BCUT2D eigenvalue weighted by atomic mass is 19.1. The topological polar surface area (TPSA) is 119 Å². The van der Waals surface area contributed by atoms with Crippen molar-refractivity contribution in [3.63, 3.8) is 0 Å². The van der Waals surface area contributed by atoms with Gasteiger partial charge in [-0.1, -0.05) is 6.08 Å². The van der Waals surface area contributed by atoms with Gasteiger partial charge in [0.2, 0.25) is 11.8 Å². The number of fused-ring (bicyclic) bond motifs is 1. The van der Waals surface area contributed by atoms with Crippen LogP contribution in [0.4, 0.5) is 4.39 Å². The summed E-state index contributed by atoms with van der Waals surface area (Å²) in [7, 11) is 0. The molecule has 0 aromatic carbocycles. The van der Waals surface area contributed by atoms with Crippen LogP contribution in [0.5, 0.6) is 0 Å². The van der Waals surface area contributed by atoms with Gasteiger partial charge in [-0.3, -0.25) is 14.6 Å². The molecular formula is C23H19FN5O2. The number of nitrogens with zero attached hydrogens (tertiary/aromatic N) is 3. The number of hydrogen-bond acceptors (Lipinski definition) is 5. The lowest BCUT2D eigenvalue weighted by Gasteiger charge is -2.32. The van der Waals surface area contributed by atoms with Gasteiger partial charge in [0.05, 0.1) is 35.8 Å². The van der Waals surface area contributed by atoms with E-state index in [1.54, 1.807) is 25.5 Å². The smallest absolute Gasteiger partial charge is 0.248 e. The van der Waals surface area contributed by atoms with Crippen LogP contribution in [-0.2, 0) is 9.59 Å². The van der Waals surface area contributed by atoms with Gasteiger partial charge in [0.25, 0.3) is 0 Å². The highest BCUT2D eigenvalue weighted by Gasteiger charge is 2.40. The quantitative estimate of drug-likeness (QED) is 0.764. The van der Waals surface area contributed by atoms with Crippen molar-refractivity contribution in [2.24, 2.45) is 5.92 Å². The molecule has 1 radical (unpaired) electrons. The Morgan fingerprint density at radius 1 is 1.39 bits per heavy atom. The van der Waals surface area contributed by atoms with E-state index in [-0.39, 0.29) is 35.5 Å². The number of allylic oxidation sites excluding steroid dienone is 2. The fraction of sp³-hybridized carbons (Fsp3) is 0.304. The third kappa shape index (κ3) is 4.10. The zero-order valence-electron chi connectivity index (χ0n) is 16.8. The van der Waals surface area contributed by atoms with Gasteiger partial charge in [0, 0.05) is 23.8 Å². The molecule has 2 aliphatic carbocycles. The van der Waals surface area contributed by atoms with Gasteiger partial charge < -0.3 is 10.6 Å². The van der Waals surface area contributed by atoms with Gasteiger partial charge in [0.15, 0.2) is 0 Å². The molecule has 1 aromatic heterocycles. The number of hydrogen-bond donors (Lipinski definition) is 2. The number of aromatic nitrogens is 1. The Labute approximate surface area is 179 Å². The molecule has 31 heavy (non-hydrogen) atoms. The molecular weight excluding hydrogens is 397 g/mol. The summed E-state index contributed by atoms with van der Waals surface area (Å²) in [6.07, 6.45) is 8.18. The van der Waals surface area contributed by atoms with E-state index in [0.717, 1.165) is 30.1 Å². The van der Waals surface area contributed by atoms with Gasteiger partial charge in [-0.25, -0.2) is 4.39 Å². The maximum absolute atomic E-state index is 14.2. The van der Waals surface area contributed by atoms with Crippen LogP contribution in [0, 0.1) is 40.8 Å². The van der Waals surface area contributed by atoms with Gasteiger partial charge in [-0.2, -0.15) is 10.5 Å². The Kier molecular flexibility index (Phi) is 5.39. The third-order valence-corrected chi connectivity index (χ3v) is 5.55. The Bertz CT molecular complexity index is 1150.